The molecular weight excluding hydrogens is 164 g/mol. The van der Waals surface area contributed by atoms with Crippen molar-refractivity contribution in [3.63, 3.8) is 0 Å². The second-order valence-corrected chi connectivity index (χ2v) is 3.33. The fraction of sp³-hybridized carbons (Fsp3) is 1.00. The van der Waals surface area contributed by atoms with Crippen molar-refractivity contribution in [1.82, 2.24) is 10.2 Å². The van der Waals surface area contributed by atoms with Gasteiger partial charge in [-0.25, -0.2) is 0 Å². The number of methoxy groups -OCH3 is 1. The van der Waals surface area contributed by atoms with Crippen molar-refractivity contribution >= 4 is 0 Å². The zero-order valence-electron chi connectivity index (χ0n) is 9.47. The Morgan fingerprint density at radius 2 is 2.08 bits per heavy atom. The van der Waals surface area contributed by atoms with E-state index in [4.69, 9.17) is 4.74 Å². The number of ether oxygens (including phenoxy) is 1. The zero-order chi connectivity index (χ0) is 10.1. The Morgan fingerprint density at radius 3 is 2.46 bits per heavy atom. The number of nitrogens with zero attached hydrogens (tertiary/aromatic N) is 1. The number of nitrogens with one attached hydrogen (secondary N) is 1. The van der Waals surface area contributed by atoms with E-state index in [0.717, 1.165) is 19.7 Å². The molecule has 1 unspecified atom stereocenters. The van der Waals surface area contributed by atoms with Crippen molar-refractivity contribution in [2.75, 3.05) is 40.4 Å². The smallest absolute Gasteiger partial charge is 0.0628 e. The van der Waals surface area contributed by atoms with Crippen LogP contribution in [-0.4, -0.2) is 51.3 Å². The Balaban J connectivity index is 3.73. The molecule has 13 heavy (non-hydrogen) atoms. The Labute approximate surface area is 82.4 Å². The van der Waals surface area contributed by atoms with E-state index in [9.17, 15) is 0 Å². The summed E-state index contributed by atoms with van der Waals surface area (Å²) in [4.78, 5) is 2.44. The minimum absolute atomic E-state index is 0.455. The lowest BCUT2D eigenvalue weighted by atomic mass is 10.2. The zero-order valence-corrected chi connectivity index (χ0v) is 9.47. The standard InChI is InChI=1S/C10H24N2O/c1-5-7-12(6-2)8-10(11-3)9-13-4/h10-11H,5-9H2,1-4H3. The highest BCUT2D eigenvalue weighted by atomic mass is 16.5. The molecule has 3 heteroatoms. The summed E-state index contributed by atoms with van der Waals surface area (Å²) in [5.41, 5.74) is 0. The molecule has 0 aliphatic rings. The first-order chi connectivity index (χ1) is 6.28. The molecule has 1 atom stereocenters. The van der Waals surface area contributed by atoms with Crippen molar-refractivity contribution in [2.45, 2.75) is 26.3 Å². The normalized spacial score (nSPS) is 13.6. The molecule has 0 fully saturated rings. The van der Waals surface area contributed by atoms with Crippen LogP contribution in [0.2, 0.25) is 0 Å². The first-order valence-corrected chi connectivity index (χ1v) is 5.16. The average Bonchev–Trinajstić information content (AvgIpc) is 2.16. The van der Waals surface area contributed by atoms with E-state index in [0.29, 0.717) is 6.04 Å². The van der Waals surface area contributed by atoms with Gasteiger partial charge in [-0.1, -0.05) is 13.8 Å². The Kier molecular flexibility index (Phi) is 8.40. The van der Waals surface area contributed by atoms with Crippen molar-refractivity contribution in [2.24, 2.45) is 0 Å². The van der Waals surface area contributed by atoms with Crippen molar-refractivity contribution in [3.8, 4) is 0 Å². The summed E-state index contributed by atoms with van der Waals surface area (Å²) in [6.07, 6.45) is 1.22. The molecule has 0 aromatic rings. The maximum atomic E-state index is 5.13. The third kappa shape index (κ3) is 6.02. The second kappa shape index (κ2) is 8.48. The van der Waals surface area contributed by atoms with Crippen LogP contribution in [0.15, 0.2) is 0 Å². The second-order valence-electron chi connectivity index (χ2n) is 3.33. The lowest BCUT2D eigenvalue weighted by Crippen LogP contribution is -2.42. The Hall–Kier alpha value is -0.120. The van der Waals surface area contributed by atoms with Crippen molar-refractivity contribution in [1.29, 1.82) is 0 Å². The van der Waals surface area contributed by atoms with Crippen LogP contribution < -0.4 is 5.32 Å². The van der Waals surface area contributed by atoms with Crippen molar-refractivity contribution < 1.29 is 4.74 Å². The van der Waals surface area contributed by atoms with E-state index in [2.05, 4.69) is 24.1 Å². The molecule has 0 spiro atoms. The summed E-state index contributed by atoms with van der Waals surface area (Å²) in [5, 5.41) is 3.26. The number of hydrogen-bond donors (Lipinski definition) is 1. The van der Waals surface area contributed by atoms with Crippen LogP contribution in [0.4, 0.5) is 0 Å². The Morgan fingerprint density at radius 1 is 1.38 bits per heavy atom. The molecular formula is C10H24N2O. The van der Waals surface area contributed by atoms with Gasteiger partial charge in [-0.05, 0) is 26.6 Å². The Bertz CT molecular complexity index is 97.1. The fourth-order valence-corrected chi connectivity index (χ4v) is 1.43. The van der Waals surface area contributed by atoms with Gasteiger partial charge in [-0.15, -0.1) is 0 Å². The molecule has 0 saturated heterocycles. The molecule has 0 bridgehead atoms. The van der Waals surface area contributed by atoms with Gasteiger partial charge < -0.3 is 15.0 Å². The summed E-state index contributed by atoms with van der Waals surface area (Å²) in [6.45, 7) is 8.59. The van der Waals surface area contributed by atoms with Gasteiger partial charge in [0, 0.05) is 19.7 Å². The van der Waals surface area contributed by atoms with Gasteiger partial charge in [0.1, 0.15) is 0 Å². The van der Waals surface area contributed by atoms with E-state index < -0.39 is 0 Å². The molecule has 0 heterocycles. The van der Waals surface area contributed by atoms with Gasteiger partial charge in [-0.3, -0.25) is 0 Å². The molecule has 0 aliphatic heterocycles. The van der Waals surface area contributed by atoms with E-state index in [1.165, 1.54) is 13.0 Å². The van der Waals surface area contributed by atoms with Crippen molar-refractivity contribution in [3.05, 3.63) is 0 Å². The highest BCUT2D eigenvalue weighted by Gasteiger charge is 2.09. The monoisotopic (exact) mass is 188 g/mol. The molecule has 0 aromatic carbocycles. The molecule has 1 N–H and O–H groups in total. The van der Waals surface area contributed by atoms with Gasteiger partial charge in [0.2, 0.25) is 0 Å². The first-order valence-electron chi connectivity index (χ1n) is 5.16. The lowest BCUT2D eigenvalue weighted by molar-refractivity contribution is 0.143. The van der Waals surface area contributed by atoms with Gasteiger partial charge in [0.15, 0.2) is 0 Å². The van der Waals surface area contributed by atoms with E-state index in [1.807, 2.05) is 7.05 Å². The molecule has 3 nitrogen and oxygen atoms in total. The number of likely N-dealkylation sites (N-methyl/N-ethyl adjacent to an activating group) is 2. The summed E-state index contributed by atoms with van der Waals surface area (Å²) >= 11 is 0. The van der Waals surface area contributed by atoms with E-state index in [1.54, 1.807) is 7.11 Å². The van der Waals surface area contributed by atoms with Crippen LogP contribution in [0.3, 0.4) is 0 Å². The summed E-state index contributed by atoms with van der Waals surface area (Å²) in [7, 11) is 3.74. The quantitative estimate of drug-likeness (QED) is 0.614. The summed E-state index contributed by atoms with van der Waals surface area (Å²) in [5.74, 6) is 0. The molecule has 0 aliphatic carbocycles. The predicted molar refractivity (Wildman–Crippen MR) is 57.1 cm³/mol. The van der Waals surface area contributed by atoms with Gasteiger partial charge in [-0.2, -0.15) is 0 Å². The minimum Gasteiger partial charge on any atom is -0.383 e. The van der Waals surface area contributed by atoms with Crippen LogP contribution in [-0.2, 0) is 4.74 Å². The SMILES string of the molecule is CCCN(CC)CC(COC)NC. The highest BCUT2D eigenvalue weighted by molar-refractivity contribution is 4.69. The first kappa shape index (κ1) is 12.9. The number of hydrogen-bond acceptors (Lipinski definition) is 3. The minimum atomic E-state index is 0.455. The molecule has 0 amide bonds. The van der Waals surface area contributed by atoms with Crippen LogP contribution in [0.25, 0.3) is 0 Å². The third-order valence-electron chi connectivity index (χ3n) is 2.24. The third-order valence-corrected chi connectivity index (χ3v) is 2.24. The van der Waals surface area contributed by atoms with E-state index >= 15 is 0 Å². The summed E-state index contributed by atoms with van der Waals surface area (Å²) in [6, 6.07) is 0.455. The summed E-state index contributed by atoms with van der Waals surface area (Å²) < 4.78 is 5.13. The van der Waals surface area contributed by atoms with Crippen LogP contribution in [0, 0.1) is 0 Å². The lowest BCUT2D eigenvalue weighted by Gasteiger charge is -2.25. The number of rotatable bonds is 8. The van der Waals surface area contributed by atoms with Gasteiger partial charge >= 0.3 is 0 Å². The molecule has 0 saturated carbocycles. The maximum absolute atomic E-state index is 5.13. The molecule has 0 aromatic heterocycles. The average molecular weight is 188 g/mol. The largest absolute Gasteiger partial charge is 0.383 e. The fourth-order valence-electron chi connectivity index (χ4n) is 1.43. The molecule has 0 radical (unpaired) electrons. The van der Waals surface area contributed by atoms with Gasteiger partial charge in [0.25, 0.3) is 0 Å². The van der Waals surface area contributed by atoms with Crippen LogP contribution >= 0.6 is 0 Å². The molecule has 0 rings (SSSR count). The van der Waals surface area contributed by atoms with Crippen LogP contribution in [0.1, 0.15) is 20.3 Å². The maximum Gasteiger partial charge on any atom is 0.0628 e. The topological polar surface area (TPSA) is 24.5 Å². The molecule has 80 valence electrons. The van der Waals surface area contributed by atoms with Crippen LogP contribution in [0.5, 0.6) is 0 Å². The van der Waals surface area contributed by atoms with E-state index in [-0.39, 0.29) is 0 Å². The predicted octanol–water partition coefficient (Wildman–Crippen LogP) is 0.953. The van der Waals surface area contributed by atoms with Gasteiger partial charge in [0.05, 0.1) is 6.61 Å². The highest BCUT2D eigenvalue weighted by Crippen LogP contribution is 1.94.